The van der Waals surface area contributed by atoms with Crippen LogP contribution in [0.2, 0.25) is 5.15 Å². The zero-order valence-corrected chi connectivity index (χ0v) is 18.7. The Morgan fingerprint density at radius 3 is 2.80 bits per heavy atom. The van der Waals surface area contributed by atoms with Gasteiger partial charge in [0.1, 0.15) is 15.6 Å². The summed E-state index contributed by atoms with van der Waals surface area (Å²) in [4.78, 5) is 16.1. The number of aromatic carboxylic acids is 1. The zero-order chi connectivity index (χ0) is 21.3. The Hall–Kier alpha value is -2.64. The van der Waals surface area contributed by atoms with Crippen LogP contribution in [0, 0.1) is 0 Å². The second kappa shape index (κ2) is 8.62. The average molecular weight is 488 g/mol. The first-order valence-corrected chi connectivity index (χ1v) is 10.9. The van der Waals surface area contributed by atoms with E-state index in [1.807, 2.05) is 18.3 Å². The van der Waals surface area contributed by atoms with Crippen molar-refractivity contribution in [2.75, 3.05) is 0 Å². The number of unbranched alkanes of at least 4 members (excludes halogenated alkanes) is 1. The highest BCUT2D eigenvalue weighted by Crippen LogP contribution is 2.29. The smallest absolute Gasteiger partial charge is 0.337 e. The molecule has 2 aromatic carbocycles. The lowest BCUT2D eigenvalue weighted by molar-refractivity contribution is 0.0696. The fourth-order valence-electron chi connectivity index (χ4n) is 3.49. The summed E-state index contributed by atoms with van der Waals surface area (Å²) in [6.07, 6.45) is 4.91. The first-order chi connectivity index (χ1) is 14.5. The normalized spacial score (nSPS) is 11.3. The fourth-order valence-corrected chi connectivity index (χ4v) is 4.29. The van der Waals surface area contributed by atoms with Crippen molar-refractivity contribution in [2.24, 2.45) is 0 Å². The van der Waals surface area contributed by atoms with Crippen LogP contribution < -0.4 is 0 Å². The number of carboxylic acid groups (broad SMARTS) is 1. The van der Waals surface area contributed by atoms with Gasteiger partial charge in [0.2, 0.25) is 0 Å². The van der Waals surface area contributed by atoms with Gasteiger partial charge in [0.25, 0.3) is 0 Å². The minimum absolute atomic E-state index is 0.194. The van der Waals surface area contributed by atoms with E-state index in [-0.39, 0.29) is 5.56 Å². The van der Waals surface area contributed by atoms with Crippen LogP contribution >= 0.6 is 27.5 Å². The highest BCUT2D eigenvalue weighted by Gasteiger charge is 2.17. The molecule has 0 aliphatic rings. The Morgan fingerprint density at radius 2 is 2.03 bits per heavy atom. The van der Waals surface area contributed by atoms with Gasteiger partial charge in [-0.05, 0) is 52.2 Å². The number of carboxylic acids is 1. The molecule has 4 rings (SSSR count). The number of aromatic nitrogens is 4. The number of carbonyl (C=O) groups is 1. The minimum atomic E-state index is -0.991. The van der Waals surface area contributed by atoms with E-state index < -0.39 is 5.97 Å². The Balaban J connectivity index is 1.72. The van der Waals surface area contributed by atoms with Gasteiger partial charge in [-0.1, -0.05) is 43.1 Å². The van der Waals surface area contributed by atoms with Crippen molar-refractivity contribution in [2.45, 2.75) is 32.7 Å². The number of halogens is 2. The topological polar surface area (TPSA) is 72.9 Å². The van der Waals surface area contributed by atoms with Crippen LogP contribution in [0.25, 0.3) is 16.6 Å². The predicted molar refractivity (Wildman–Crippen MR) is 121 cm³/mol. The molecule has 4 aromatic rings. The van der Waals surface area contributed by atoms with Crippen molar-refractivity contribution in [1.29, 1.82) is 0 Å². The molecule has 0 spiro atoms. The first kappa shape index (κ1) is 20.6. The van der Waals surface area contributed by atoms with Gasteiger partial charge in [-0.2, -0.15) is 5.10 Å². The van der Waals surface area contributed by atoms with Crippen LogP contribution in [0.5, 0.6) is 0 Å². The Labute approximate surface area is 187 Å². The van der Waals surface area contributed by atoms with E-state index in [0.717, 1.165) is 41.6 Å². The van der Waals surface area contributed by atoms with Crippen LogP contribution in [0.3, 0.4) is 0 Å². The number of benzene rings is 2. The third-order valence-corrected chi connectivity index (χ3v) is 5.92. The molecule has 2 aromatic heterocycles. The molecule has 0 atom stereocenters. The Bertz CT molecular complexity index is 1230. The molecular formula is C22H20BrClN4O2. The lowest BCUT2D eigenvalue weighted by Crippen LogP contribution is -2.06. The molecule has 0 saturated carbocycles. The molecule has 0 saturated heterocycles. The summed E-state index contributed by atoms with van der Waals surface area (Å²) in [5.74, 6) is -0.0126. The maximum absolute atomic E-state index is 11.6. The lowest BCUT2D eigenvalue weighted by atomic mass is 10.1. The predicted octanol–water partition coefficient (Wildman–Crippen LogP) is 5.73. The van der Waals surface area contributed by atoms with Crippen LogP contribution in [0.4, 0.5) is 0 Å². The molecule has 0 amide bonds. The highest BCUT2D eigenvalue weighted by molar-refractivity contribution is 9.10. The number of rotatable bonds is 7. The van der Waals surface area contributed by atoms with Crippen molar-refractivity contribution < 1.29 is 9.90 Å². The maximum Gasteiger partial charge on any atom is 0.337 e. The fraction of sp³-hybridized carbons (Fsp3) is 0.227. The number of para-hydroxylation sites is 1. The second-order valence-corrected chi connectivity index (χ2v) is 8.23. The number of imidazole rings is 1. The second-order valence-electron chi connectivity index (χ2n) is 7.09. The van der Waals surface area contributed by atoms with Crippen molar-refractivity contribution in [1.82, 2.24) is 19.3 Å². The van der Waals surface area contributed by atoms with E-state index in [1.165, 1.54) is 0 Å². The molecule has 1 N–H and O–H groups in total. The summed E-state index contributed by atoms with van der Waals surface area (Å²) in [5, 5.41) is 15.5. The standard InChI is InChI=1S/C22H20BrClN4O2/c1-2-3-8-20-25-19(24)13-27(20)12-14-9-10-17-16(11-14)21(23)28(26-17)18-7-5-4-6-15(18)22(29)30/h4-7,9-11,13H,2-3,8,12H2,1H3,(H,29,30). The number of hydrogen-bond acceptors (Lipinski definition) is 3. The van der Waals surface area contributed by atoms with Crippen molar-refractivity contribution in [3.05, 3.63) is 75.4 Å². The van der Waals surface area contributed by atoms with Crippen LogP contribution in [-0.2, 0) is 13.0 Å². The summed E-state index contributed by atoms with van der Waals surface area (Å²) in [6, 6.07) is 12.8. The molecule has 0 unspecified atom stereocenters. The third kappa shape index (κ3) is 4.00. The van der Waals surface area contributed by atoms with Crippen molar-refractivity contribution in [3.8, 4) is 5.69 Å². The molecule has 0 aliphatic heterocycles. The highest BCUT2D eigenvalue weighted by atomic mass is 79.9. The van der Waals surface area contributed by atoms with E-state index >= 15 is 0 Å². The summed E-state index contributed by atoms with van der Waals surface area (Å²) in [7, 11) is 0. The van der Waals surface area contributed by atoms with Gasteiger partial charge in [-0.25, -0.2) is 14.5 Å². The van der Waals surface area contributed by atoms with Gasteiger partial charge < -0.3 is 9.67 Å². The lowest BCUT2D eigenvalue weighted by Gasteiger charge is -2.08. The molecule has 0 fully saturated rings. The molecule has 6 nitrogen and oxygen atoms in total. The molecule has 0 bridgehead atoms. The van der Waals surface area contributed by atoms with Gasteiger partial charge >= 0.3 is 5.97 Å². The number of nitrogens with zero attached hydrogens (tertiary/aromatic N) is 4. The zero-order valence-electron chi connectivity index (χ0n) is 16.3. The van der Waals surface area contributed by atoms with Crippen LogP contribution in [0.1, 0.15) is 41.5 Å². The minimum Gasteiger partial charge on any atom is -0.478 e. The van der Waals surface area contributed by atoms with Crippen molar-refractivity contribution >= 4 is 44.4 Å². The van der Waals surface area contributed by atoms with Gasteiger partial charge in [-0.15, -0.1) is 0 Å². The van der Waals surface area contributed by atoms with Crippen LogP contribution in [-0.4, -0.2) is 30.4 Å². The monoisotopic (exact) mass is 486 g/mol. The van der Waals surface area contributed by atoms with Gasteiger partial charge in [0, 0.05) is 24.5 Å². The number of hydrogen-bond donors (Lipinski definition) is 1. The Kier molecular flexibility index (Phi) is 5.92. The quantitative estimate of drug-likeness (QED) is 0.361. The summed E-state index contributed by atoms with van der Waals surface area (Å²) < 4.78 is 4.42. The molecule has 0 radical (unpaired) electrons. The molecule has 0 aliphatic carbocycles. The van der Waals surface area contributed by atoms with Crippen molar-refractivity contribution in [3.63, 3.8) is 0 Å². The SMILES string of the molecule is CCCCc1nc(Cl)cn1Cc1ccc2nn(-c3ccccc3C(=O)O)c(Br)c2c1. The summed E-state index contributed by atoms with van der Waals surface area (Å²) in [6.45, 7) is 2.80. The molecule has 8 heteroatoms. The number of aryl methyl sites for hydroxylation is 1. The average Bonchev–Trinajstić information content (AvgIpc) is 3.25. The molecule has 30 heavy (non-hydrogen) atoms. The van der Waals surface area contributed by atoms with Gasteiger partial charge in [-0.3, -0.25) is 0 Å². The molecular weight excluding hydrogens is 468 g/mol. The van der Waals surface area contributed by atoms with Gasteiger partial charge in [0.15, 0.2) is 0 Å². The number of fused-ring (bicyclic) bond motifs is 1. The first-order valence-electron chi connectivity index (χ1n) is 9.69. The maximum atomic E-state index is 11.6. The van der Waals surface area contributed by atoms with E-state index in [1.54, 1.807) is 28.9 Å². The molecule has 154 valence electrons. The third-order valence-electron chi connectivity index (χ3n) is 4.98. The summed E-state index contributed by atoms with van der Waals surface area (Å²) in [5.41, 5.74) is 2.57. The van der Waals surface area contributed by atoms with E-state index in [0.29, 0.717) is 22.0 Å². The van der Waals surface area contributed by atoms with Crippen LogP contribution in [0.15, 0.2) is 53.3 Å². The summed E-state index contributed by atoms with van der Waals surface area (Å²) >= 11 is 9.75. The van der Waals surface area contributed by atoms with E-state index in [4.69, 9.17) is 11.6 Å². The largest absolute Gasteiger partial charge is 0.478 e. The Morgan fingerprint density at radius 1 is 1.23 bits per heavy atom. The van der Waals surface area contributed by atoms with E-state index in [9.17, 15) is 9.90 Å². The molecule has 2 heterocycles. The van der Waals surface area contributed by atoms with E-state index in [2.05, 4.69) is 43.6 Å². The van der Waals surface area contributed by atoms with Gasteiger partial charge in [0.05, 0.1) is 16.8 Å².